The van der Waals surface area contributed by atoms with Gasteiger partial charge in [0.25, 0.3) is 5.91 Å². The third-order valence-corrected chi connectivity index (χ3v) is 5.20. The minimum Gasteiger partial charge on any atom is -0.486 e. The van der Waals surface area contributed by atoms with E-state index in [9.17, 15) is 14.9 Å². The van der Waals surface area contributed by atoms with Crippen LogP contribution in [0.3, 0.4) is 0 Å². The lowest BCUT2D eigenvalue weighted by Crippen LogP contribution is -2.13. The Kier molecular flexibility index (Phi) is 7.96. The molecule has 0 unspecified atom stereocenters. The van der Waals surface area contributed by atoms with Gasteiger partial charge >= 0.3 is 5.97 Å². The van der Waals surface area contributed by atoms with Gasteiger partial charge in [-0.3, -0.25) is 4.79 Å². The molecule has 0 spiro atoms. The number of carboxylic acids is 1. The van der Waals surface area contributed by atoms with E-state index in [-0.39, 0.29) is 33.5 Å². The number of nitriles is 1. The first-order valence-corrected chi connectivity index (χ1v) is 10.5. The summed E-state index contributed by atoms with van der Waals surface area (Å²) in [7, 11) is 0. The molecular weight excluding hydrogens is 487 g/mol. The van der Waals surface area contributed by atoms with E-state index in [0.29, 0.717) is 16.3 Å². The lowest BCUT2D eigenvalue weighted by atomic mass is 10.1. The van der Waals surface area contributed by atoms with Gasteiger partial charge in [-0.15, -0.1) is 0 Å². The standard InChI is InChI=1S/C24H15Cl3N2O4/c25-18-5-7-19(8-6-18)29-23(30)17(12-28)9-15-10-20(26)22(21(27)11-15)33-13-14-1-3-16(4-2-14)24(31)32/h1-11H,13H2,(H,29,30)(H,31,32)/b17-9-. The fraction of sp³-hybridized carbons (Fsp3) is 0.0417. The largest absolute Gasteiger partial charge is 0.486 e. The molecule has 0 saturated carbocycles. The molecule has 0 radical (unpaired) electrons. The summed E-state index contributed by atoms with van der Waals surface area (Å²) in [6.45, 7) is 0.113. The zero-order chi connectivity index (χ0) is 24.0. The summed E-state index contributed by atoms with van der Waals surface area (Å²) in [5.41, 5.74) is 1.66. The summed E-state index contributed by atoms with van der Waals surface area (Å²) in [6, 6.07) is 17.5. The maximum Gasteiger partial charge on any atom is 0.335 e. The van der Waals surface area contributed by atoms with Crippen molar-refractivity contribution in [1.82, 2.24) is 0 Å². The molecule has 3 rings (SSSR count). The van der Waals surface area contributed by atoms with Gasteiger partial charge in [-0.05, 0) is 65.7 Å². The fourth-order valence-electron chi connectivity index (χ4n) is 2.75. The van der Waals surface area contributed by atoms with E-state index >= 15 is 0 Å². The molecule has 1 amide bonds. The van der Waals surface area contributed by atoms with Crippen LogP contribution in [-0.2, 0) is 11.4 Å². The number of nitrogens with one attached hydrogen (secondary N) is 1. The molecule has 3 aromatic carbocycles. The van der Waals surface area contributed by atoms with Crippen molar-refractivity contribution < 1.29 is 19.4 Å². The Hall–Kier alpha value is -3.50. The van der Waals surface area contributed by atoms with Gasteiger partial charge in [0.1, 0.15) is 18.2 Å². The van der Waals surface area contributed by atoms with Gasteiger partial charge in [0, 0.05) is 10.7 Å². The number of carboxylic acid groups (broad SMARTS) is 1. The lowest BCUT2D eigenvalue weighted by molar-refractivity contribution is -0.112. The molecule has 6 nitrogen and oxygen atoms in total. The second kappa shape index (κ2) is 10.9. The summed E-state index contributed by atoms with van der Waals surface area (Å²) in [6.07, 6.45) is 1.36. The summed E-state index contributed by atoms with van der Waals surface area (Å²) < 4.78 is 5.69. The maximum atomic E-state index is 12.4. The topological polar surface area (TPSA) is 99.4 Å². The molecular formula is C24H15Cl3N2O4. The fourth-order valence-corrected chi connectivity index (χ4v) is 3.49. The Bertz CT molecular complexity index is 1240. The van der Waals surface area contributed by atoms with Crippen LogP contribution in [0.5, 0.6) is 5.75 Å². The van der Waals surface area contributed by atoms with Crippen molar-refractivity contribution in [3.63, 3.8) is 0 Å². The Morgan fingerprint density at radius 2 is 1.61 bits per heavy atom. The molecule has 0 atom stereocenters. The van der Waals surface area contributed by atoms with Crippen molar-refractivity contribution in [2.45, 2.75) is 6.61 Å². The molecule has 3 aromatic rings. The van der Waals surface area contributed by atoms with Crippen LogP contribution in [0.25, 0.3) is 6.08 Å². The van der Waals surface area contributed by atoms with E-state index in [1.807, 2.05) is 6.07 Å². The number of aromatic carboxylic acids is 1. The van der Waals surface area contributed by atoms with Crippen molar-refractivity contribution in [3.8, 4) is 11.8 Å². The van der Waals surface area contributed by atoms with Gasteiger partial charge in [-0.2, -0.15) is 5.26 Å². The maximum absolute atomic E-state index is 12.4. The van der Waals surface area contributed by atoms with Crippen molar-refractivity contribution in [3.05, 3.63) is 98.0 Å². The van der Waals surface area contributed by atoms with Crippen LogP contribution < -0.4 is 10.1 Å². The van der Waals surface area contributed by atoms with E-state index in [1.165, 1.54) is 30.3 Å². The second-order valence-electron chi connectivity index (χ2n) is 6.74. The van der Waals surface area contributed by atoms with Crippen LogP contribution in [0.1, 0.15) is 21.5 Å². The van der Waals surface area contributed by atoms with Crippen LogP contribution in [-0.4, -0.2) is 17.0 Å². The summed E-state index contributed by atoms with van der Waals surface area (Å²) in [4.78, 5) is 23.4. The number of halogens is 3. The third kappa shape index (κ3) is 6.50. The lowest BCUT2D eigenvalue weighted by Gasteiger charge is -2.11. The summed E-state index contributed by atoms with van der Waals surface area (Å²) in [5, 5.41) is 21.9. The van der Waals surface area contributed by atoms with E-state index in [0.717, 1.165) is 5.56 Å². The van der Waals surface area contributed by atoms with Gasteiger partial charge < -0.3 is 15.2 Å². The van der Waals surface area contributed by atoms with Crippen molar-refractivity contribution in [2.75, 3.05) is 5.32 Å². The van der Waals surface area contributed by atoms with Crippen LogP contribution in [0.15, 0.2) is 66.2 Å². The van der Waals surface area contributed by atoms with Crippen molar-refractivity contribution in [1.29, 1.82) is 5.26 Å². The van der Waals surface area contributed by atoms with Gasteiger partial charge in [0.05, 0.1) is 15.6 Å². The highest BCUT2D eigenvalue weighted by molar-refractivity contribution is 6.37. The zero-order valence-corrected chi connectivity index (χ0v) is 19.1. The zero-order valence-electron chi connectivity index (χ0n) is 16.8. The van der Waals surface area contributed by atoms with Crippen LogP contribution in [0.2, 0.25) is 15.1 Å². The molecule has 0 fully saturated rings. The quantitative estimate of drug-likeness (QED) is 0.285. The average Bonchev–Trinajstić information content (AvgIpc) is 2.78. The minimum absolute atomic E-state index is 0.113. The predicted octanol–water partition coefficient (Wildman–Crippen LogP) is 6.47. The Morgan fingerprint density at radius 3 is 2.15 bits per heavy atom. The molecule has 0 saturated heterocycles. The Labute approximate surface area is 204 Å². The molecule has 2 N–H and O–H groups in total. The monoisotopic (exact) mass is 500 g/mol. The first-order valence-electron chi connectivity index (χ1n) is 9.39. The first-order chi connectivity index (χ1) is 15.8. The van der Waals surface area contributed by atoms with Crippen molar-refractivity contribution >= 4 is 58.4 Å². The van der Waals surface area contributed by atoms with E-state index in [1.54, 1.807) is 36.4 Å². The molecule has 0 aliphatic carbocycles. The molecule has 9 heteroatoms. The van der Waals surface area contributed by atoms with Crippen LogP contribution in [0.4, 0.5) is 5.69 Å². The number of benzene rings is 3. The van der Waals surface area contributed by atoms with Crippen molar-refractivity contribution in [2.24, 2.45) is 0 Å². The number of rotatable bonds is 7. The normalized spacial score (nSPS) is 10.9. The molecule has 0 aromatic heterocycles. The smallest absolute Gasteiger partial charge is 0.335 e. The molecule has 33 heavy (non-hydrogen) atoms. The number of anilines is 1. The van der Waals surface area contributed by atoms with E-state index in [4.69, 9.17) is 44.6 Å². The number of hydrogen-bond donors (Lipinski definition) is 2. The first kappa shape index (κ1) is 24.1. The van der Waals surface area contributed by atoms with Gasteiger partial charge in [-0.25, -0.2) is 4.79 Å². The van der Waals surface area contributed by atoms with Crippen LogP contribution >= 0.6 is 34.8 Å². The minimum atomic E-state index is -1.02. The highest BCUT2D eigenvalue weighted by Crippen LogP contribution is 2.35. The Morgan fingerprint density at radius 1 is 1.00 bits per heavy atom. The molecule has 0 aliphatic heterocycles. The predicted molar refractivity (Wildman–Crippen MR) is 128 cm³/mol. The van der Waals surface area contributed by atoms with Gasteiger partial charge in [-0.1, -0.05) is 46.9 Å². The number of carbonyl (C=O) groups is 2. The summed E-state index contributed by atoms with van der Waals surface area (Å²) in [5.74, 6) is -1.39. The van der Waals surface area contributed by atoms with Crippen LogP contribution in [0, 0.1) is 11.3 Å². The Balaban J connectivity index is 1.74. The highest BCUT2D eigenvalue weighted by atomic mass is 35.5. The second-order valence-corrected chi connectivity index (χ2v) is 7.99. The number of ether oxygens (including phenoxy) is 1. The van der Waals surface area contributed by atoms with E-state index in [2.05, 4.69) is 5.32 Å². The molecule has 0 bridgehead atoms. The third-order valence-electron chi connectivity index (χ3n) is 4.38. The summed E-state index contributed by atoms with van der Waals surface area (Å²) >= 11 is 18.4. The average molecular weight is 502 g/mol. The number of nitrogens with zero attached hydrogens (tertiary/aromatic N) is 1. The number of amides is 1. The number of carbonyl (C=O) groups excluding carboxylic acids is 1. The van der Waals surface area contributed by atoms with E-state index < -0.39 is 11.9 Å². The number of hydrogen-bond acceptors (Lipinski definition) is 4. The van der Waals surface area contributed by atoms with Gasteiger partial charge in [0.2, 0.25) is 0 Å². The molecule has 0 heterocycles. The SMILES string of the molecule is N#C/C(=C/c1cc(Cl)c(OCc2ccc(C(=O)O)cc2)c(Cl)c1)C(=O)Nc1ccc(Cl)cc1. The molecule has 0 aliphatic rings. The molecule has 166 valence electrons. The van der Waals surface area contributed by atoms with Gasteiger partial charge in [0.15, 0.2) is 5.75 Å². The highest BCUT2D eigenvalue weighted by Gasteiger charge is 2.13.